The topological polar surface area (TPSA) is 69.4 Å². The van der Waals surface area contributed by atoms with Crippen molar-refractivity contribution < 1.29 is 9.47 Å². The van der Waals surface area contributed by atoms with Gasteiger partial charge >= 0.3 is 0 Å². The summed E-state index contributed by atoms with van der Waals surface area (Å²) in [5.74, 6) is 1.28. The fourth-order valence-electron chi connectivity index (χ4n) is 2.41. The first-order valence-corrected chi connectivity index (χ1v) is 6.82. The summed E-state index contributed by atoms with van der Waals surface area (Å²) >= 11 is 0. The summed E-state index contributed by atoms with van der Waals surface area (Å²) < 4.78 is 11.1. The largest absolute Gasteiger partial charge is 0.473 e. The monoisotopic (exact) mass is 265 g/mol. The molecular weight excluding hydrogens is 242 g/mol. The highest BCUT2D eigenvalue weighted by molar-refractivity contribution is 5.54. The van der Waals surface area contributed by atoms with E-state index < -0.39 is 0 Å². The summed E-state index contributed by atoms with van der Waals surface area (Å²) in [6, 6.07) is 4.02. The number of rotatable bonds is 5. The fourth-order valence-corrected chi connectivity index (χ4v) is 2.41. The summed E-state index contributed by atoms with van der Waals surface area (Å²) in [7, 11) is 1.76. The number of aromatic nitrogens is 1. The molecular formula is C14H23N3O2. The number of hydrogen-bond acceptors (Lipinski definition) is 5. The predicted octanol–water partition coefficient (Wildman–Crippen LogP) is 2.43. The highest BCUT2D eigenvalue weighted by atomic mass is 16.5. The Bertz CT molecular complexity index is 423. The molecule has 1 aliphatic carbocycles. The first kappa shape index (κ1) is 13.9. The van der Waals surface area contributed by atoms with Gasteiger partial charge in [0.15, 0.2) is 0 Å². The Hall–Kier alpha value is -1.49. The Kier molecular flexibility index (Phi) is 4.47. The molecule has 0 aliphatic heterocycles. The normalized spacial score (nSPS) is 22.7. The van der Waals surface area contributed by atoms with Crippen molar-refractivity contribution in [1.29, 1.82) is 0 Å². The zero-order chi connectivity index (χ0) is 13.8. The summed E-state index contributed by atoms with van der Waals surface area (Å²) in [6.07, 6.45) is 3.70. The van der Waals surface area contributed by atoms with Crippen molar-refractivity contribution >= 4 is 11.5 Å². The van der Waals surface area contributed by atoms with Crippen LogP contribution in [0.15, 0.2) is 12.1 Å². The van der Waals surface area contributed by atoms with Gasteiger partial charge in [0, 0.05) is 7.11 Å². The molecule has 1 aromatic rings. The maximum Gasteiger partial charge on any atom is 0.239 e. The van der Waals surface area contributed by atoms with E-state index in [1.54, 1.807) is 7.11 Å². The quantitative estimate of drug-likeness (QED) is 0.855. The Morgan fingerprint density at radius 2 is 2.16 bits per heavy atom. The minimum absolute atomic E-state index is 0.0586. The van der Waals surface area contributed by atoms with Crippen molar-refractivity contribution in [3.8, 4) is 5.88 Å². The van der Waals surface area contributed by atoms with Crippen LogP contribution in [0.3, 0.4) is 0 Å². The number of methoxy groups -OCH3 is 1. The van der Waals surface area contributed by atoms with Crippen molar-refractivity contribution in [3.05, 3.63) is 12.1 Å². The van der Waals surface area contributed by atoms with Gasteiger partial charge in [0.25, 0.3) is 0 Å². The lowest BCUT2D eigenvalue weighted by atomic mass is 10.2. The number of ether oxygens (including phenoxy) is 2. The molecule has 106 valence electrons. The van der Waals surface area contributed by atoms with Gasteiger partial charge in [-0.1, -0.05) is 0 Å². The molecule has 19 heavy (non-hydrogen) atoms. The molecule has 1 saturated carbocycles. The lowest BCUT2D eigenvalue weighted by molar-refractivity contribution is 0.101. The lowest BCUT2D eigenvalue weighted by Crippen LogP contribution is -2.30. The Morgan fingerprint density at radius 1 is 1.37 bits per heavy atom. The highest BCUT2D eigenvalue weighted by Gasteiger charge is 2.27. The van der Waals surface area contributed by atoms with Crippen LogP contribution < -0.4 is 15.8 Å². The Morgan fingerprint density at radius 3 is 2.84 bits per heavy atom. The van der Waals surface area contributed by atoms with Gasteiger partial charge < -0.3 is 20.5 Å². The van der Waals surface area contributed by atoms with Crippen molar-refractivity contribution in [2.45, 2.75) is 51.4 Å². The molecule has 0 bridgehead atoms. The van der Waals surface area contributed by atoms with Crippen LogP contribution in [0.1, 0.15) is 33.1 Å². The van der Waals surface area contributed by atoms with E-state index in [-0.39, 0.29) is 12.2 Å². The molecule has 2 unspecified atom stereocenters. The van der Waals surface area contributed by atoms with Crippen molar-refractivity contribution in [2.75, 3.05) is 18.2 Å². The number of nitrogens with one attached hydrogen (secondary N) is 1. The minimum atomic E-state index is 0.0586. The van der Waals surface area contributed by atoms with Crippen LogP contribution in [0.2, 0.25) is 0 Å². The standard InChI is InChI=1S/C14H23N3O2/c1-9(2)19-14-10(15)7-8-13(17-14)16-11-5-4-6-12(11)18-3/h7-9,11-12H,4-6,15H2,1-3H3,(H,16,17). The molecule has 0 amide bonds. The van der Waals surface area contributed by atoms with Crippen LogP contribution in [-0.2, 0) is 4.74 Å². The zero-order valence-electron chi connectivity index (χ0n) is 11.8. The third-order valence-electron chi connectivity index (χ3n) is 3.33. The summed E-state index contributed by atoms with van der Waals surface area (Å²) in [5.41, 5.74) is 6.42. The van der Waals surface area contributed by atoms with E-state index in [4.69, 9.17) is 15.2 Å². The van der Waals surface area contributed by atoms with Crippen LogP contribution in [0, 0.1) is 0 Å². The van der Waals surface area contributed by atoms with E-state index in [1.807, 2.05) is 26.0 Å². The van der Waals surface area contributed by atoms with Crippen molar-refractivity contribution in [2.24, 2.45) is 0 Å². The summed E-state index contributed by atoms with van der Waals surface area (Å²) in [4.78, 5) is 4.43. The van der Waals surface area contributed by atoms with Crippen LogP contribution in [0.25, 0.3) is 0 Å². The molecule has 1 fully saturated rings. The molecule has 0 spiro atoms. The number of nitrogens with two attached hydrogens (primary N) is 1. The average molecular weight is 265 g/mol. The third-order valence-corrected chi connectivity index (χ3v) is 3.33. The lowest BCUT2D eigenvalue weighted by Gasteiger charge is -2.21. The number of hydrogen-bond donors (Lipinski definition) is 2. The van der Waals surface area contributed by atoms with Crippen LogP contribution in [-0.4, -0.2) is 30.3 Å². The molecule has 0 aromatic carbocycles. The van der Waals surface area contributed by atoms with E-state index in [9.17, 15) is 0 Å². The second-order valence-corrected chi connectivity index (χ2v) is 5.21. The second-order valence-electron chi connectivity index (χ2n) is 5.21. The van der Waals surface area contributed by atoms with Gasteiger partial charge in [-0.2, -0.15) is 4.98 Å². The molecule has 0 saturated heterocycles. The first-order valence-electron chi connectivity index (χ1n) is 6.82. The second kappa shape index (κ2) is 6.10. The molecule has 1 aliphatic rings. The summed E-state index contributed by atoms with van der Waals surface area (Å²) in [6.45, 7) is 3.91. The average Bonchev–Trinajstić information content (AvgIpc) is 2.80. The first-order chi connectivity index (χ1) is 9.10. The number of pyridine rings is 1. The minimum Gasteiger partial charge on any atom is -0.473 e. The molecule has 3 N–H and O–H groups in total. The third kappa shape index (κ3) is 3.50. The smallest absolute Gasteiger partial charge is 0.239 e. The van der Waals surface area contributed by atoms with E-state index in [1.165, 1.54) is 6.42 Å². The number of nitrogens with zero attached hydrogens (tertiary/aromatic N) is 1. The van der Waals surface area contributed by atoms with Gasteiger partial charge in [0.1, 0.15) is 5.82 Å². The maximum absolute atomic E-state index is 5.86. The Labute approximate surface area is 114 Å². The van der Waals surface area contributed by atoms with Gasteiger partial charge in [-0.15, -0.1) is 0 Å². The fraction of sp³-hybridized carbons (Fsp3) is 0.643. The van der Waals surface area contributed by atoms with E-state index in [0.717, 1.165) is 18.7 Å². The van der Waals surface area contributed by atoms with Crippen molar-refractivity contribution in [3.63, 3.8) is 0 Å². The molecule has 5 heteroatoms. The van der Waals surface area contributed by atoms with Crippen LogP contribution >= 0.6 is 0 Å². The number of anilines is 2. The molecule has 5 nitrogen and oxygen atoms in total. The predicted molar refractivity (Wildman–Crippen MR) is 76.5 cm³/mol. The van der Waals surface area contributed by atoms with E-state index in [0.29, 0.717) is 17.6 Å². The van der Waals surface area contributed by atoms with Gasteiger partial charge in [-0.05, 0) is 45.2 Å². The van der Waals surface area contributed by atoms with Gasteiger partial charge in [-0.25, -0.2) is 0 Å². The number of nitrogen functional groups attached to an aromatic ring is 1. The zero-order valence-corrected chi connectivity index (χ0v) is 11.8. The molecule has 2 atom stereocenters. The van der Waals surface area contributed by atoms with Crippen LogP contribution in [0.5, 0.6) is 5.88 Å². The van der Waals surface area contributed by atoms with E-state index in [2.05, 4.69) is 10.3 Å². The molecule has 2 rings (SSSR count). The van der Waals surface area contributed by atoms with Crippen LogP contribution in [0.4, 0.5) is 11.5 Å². The molecule has 1 heterocycles. The Balaban J connectivity index is 2.08. The van der Waals surface area contributed by atoms with Gasteiger partial charge in [0.05, 0.1) is 23.9 Å². The van der Waals surface area contributed by atoms with E-state index >= 15 is 0 Å². The summed E-state index contributed by atoms with van der Waals surface area (Å²) in [5, 5.41) is 3.41. The SMILES string of the molecule is COC1CCCC1Nc1ccc(N)c(OC(C)C)n1. The maximum atomic E-state index is 5.86. The van der Waals surface area contributed by atoms with Crippen molar-refractivity contribution in [1.82, 2.24) is 4.98 Å². The van der Waals surface area contributed by atoms with Gasteiger partial charge in [-0.3, -0.25) is 0 Å². The molecule has 0 radical (unpaired) electrons. The molecule has 1 aromatic heterocycles. The highest BCUT2D eigenvalue weighted by Crippen LogP contribution is 2.27. The van der Waals surface area contributed by atoms with Gasteiger partial charge in [0.2, 0.25) is 5.88 Å².